The number of fused-ring (bicyclic) bond motifs is 1. The molecule has 2 rings (SSSR count). The van der Waals surface area contributed by atoms with Gasteiger partial charge in [-0.05, 0) is 35.4 Å². The van der Waals surface area contributed by atoms with Gasteiger partial charge >= 0.3 is 0 Å². The molecule has 0 saturated carbocycles. The molecular weight excluding hydrogens is 187 g/mol. The van der Waals surface area contributed by atoms with Crippen LogP contribution in [0.1, 0.15) is 15.9 Å². The zero-order valence-electron chi connectivity index (χ0n) is 7.00. The van der Waals surface area contributed by atoms with E-state index in [0.29, 0.717) is 22.1 Å². The fourth-order valence-corrected chi connectivity index (χ4v) is 2.18. The molecule has 0 atom stereocenters. The number of hydrogen-bond acceptors (Lipinski definition) is 2. The highest BCUT2D eigenvalue weighted by molar-refractivity contribution is 7.17. The Labute approximate surface area is 78.8 Å². The van der Waals surface area contributed by atoms with Crippen LogP contribution in [0, 0.1) is 12.7 Å². The van der Waals surface area contributed by atoms with Crippen molar-refractivity contribution in [3.8, 4) is 0 Å². The van der Waals surface area contributed by atoms with Crippen LogP contribution in [0.5, 0.6) is 0 Å². The number of hydrogen-bond donors (Lipinski definition) is 0. The summed E-state index contributed by atoms with van der Waals surface area (Å²) < 4.78 is 14.2. The fraction of sp³-hybridized carbons (Fsp3) is 0.100. The summed E-state index contributed by atoms with van der Waals surface area (Å²) in [4.78, 5) is 10.6. The first kappa shape index (κ1) is 8.38. The largest absolute Gasteiger partial charge is 0.298 e. The van der Waals surface area contributed by atoms with Crippen molar-refractivity contribution < 1.29 is 9.18 Å². The van der Waals surface area contributed by atoms with Gasteiger partial charge in [0.15, 0.2) is 0 Å². The van der Waals surface area contributed by atoms with E-state index in [1.165, 1.54) is 11.3 Å². The predicted octanol–water partition coefficient (Wildman–Crippen LogP) is 3.16. The lowest BCUT2D eigenvalue weighted by Gasteiger charge is -2.00. The quantitative estimate of drug-likeness (QED) is 0.637. The summed E-state index contributed by atoms with van der Waals surface area (Å²) in [7, 11) is 0. The van der Waals surface area contributed by atoms with E-state index in [4.69, 9.17) is 0 Å². The molecule has 0 N–H and O–H groups in total. The van der Waals surface area contributed by atoms with Crippen LogP contribution in [-0.2, 0) is 0 Å². The van der Waals surface area contributed by atoms with Gasteiger partial charge in [-0.3, -0.25) is 4.79 Å². The van der Waals surface area contributed by atoms with Crippen molar-refractivity contribution in [3.63, 3.8) is 0 Å². The van der Waals surface area contributed by atoms with Gasteiger partial charge in [-0.25, -0.2) is 4.39 Å². The topological polar surface area (TPSA) is 17.1 Å². The van der Waals surface area contributed by atoms with Gasteiger partial charge in [0.25, 0.3) is 0 Å². The van der Waals surface area contributed by atoms with Crippen LogP contribution >= 0.6 is 11.3 Å². The molecule has 3 heteroatoms. The van der Waals surface area contributed by atoms with Crippen LogP contribution in [-0.4, -0.2) is 6.29 Å². The van der Waals surface area contributed by atoms with Gasteiger partial charge in [-0.15, -0.1) is 11.3 Å². The highest BCUT2D eigenvalue weighted by Crippen LogP contribution is 2.27. The number of thiophene rings is 1. The van der Waals surface area contributed by atoms with E-state index in [1.54, 1.807) is 13.0 Å². The van der Waals surface area contributed by atoms with Crippen molar-refractivity contribution >= 4 is 27.7 Å². The van der Waals surface area contributed by atoms with E-state index in [2.05, 4.69) is 0 Å². The van der Waals surface area contributed by atoms with Gasteiger partial charge in [0.1, 0.15) is 12.1 Å². The molecule has 0 radical (unpaired) electrons. The van der Waals surface area contributed by atoms with Gasteiger partial charge in [-0.1, -0.05) is 0 Å². The van der Waals surface area contributed by atoms with E-state index < -0.39 is 0 Å². The summed E-state index contributed by atoms with van der Waals surface area (Å²) in [5.74, 6) is -0.269. The average Bonchev–Trinajstić information content (AvgIpc) is 2.59. The van der Waals surface area contributed by atoms with Gasteiger partial charge < -0.3 is 0 Å². The maximum Gasteiger partial charge on any atom is 0.150 e. The second-order valence-corrected chi connectivity index (χ2v) is 3.78. The molecule has 0 bridgehead atoms. The average molecular weight is 194 g/mol. The van der Waals surface area contributed by atoms with Crippen molar-refractivity contribution in [1.82, 2.24) is 0 Å². The Bertz CT molecular complexity index is 473. The molecule has 0 aliphatic rings. The molecule has 0 aliphatic carbocycles. The monoisotopic (exact) mass is 194 g/mol. The van der Waals surface area contributed by atoms with Crippen molar-refractivity contribution in [2.45, 2.75) is 6.92 Å². The van der Waals surface area contributed by atoms with Crippen LogP contribution in [0.25, 0.3) is 10.1 Å². The van der Waals surface area contributed by atoms with Crippen molar-refractivity contribution in [2.75, 3.05) is 0 Å². The maximum absolute atomic E-state index is 13.5. The summed E-state index contributed by atoms with van der Waals surface area (Å²) in [6.07, 6.45) is 0.690. The Kier molecular flexibility index (Phi) is 1.88. The molecule has 0 amide bonds. The second kappa shape index (κ2) is 2.92. The molecule has 13 heavy (non-hydrogen) atoms. The van der Waals surface area contributed by atoms with E-state index in [-0.39, 0.29) is 5.82 Å². The zero-order chi connectivity index (χ0) is 9.42. The van der Waals surface area contributed by atoms with E-state index >= 15 is 0 Å². The summed E-state index contributed by atoms with van der Waals surface area (Å²) in [5, 5.41) is 2.62. The molecule has 0 unspecified atom stereocenters. The first-order valence-electron chi connectivity index (χ1n) is 3.85. The van der Waals surface area contributed by atoms with Gasteiger partial charge in [-0.2, -0.15) is 0 Å². The van der Waals surface area contributed by atoms with E-state index in [1.807, 2.05) is 11.4 Å². The first-order valence-corrected chi connectivity index (χ1v) is 4.73. The minimum absolute atomic E-state index is 0.269. The molecule has 2 aromatic rings. The second-order valence-electron chi connectivity index (χ2n) is 2.86. The summed E-state index contributed by atoms with van der Waals surface area (Å²) in [6, 6.07) is 3.53. The highest BCUT2D eigenvalue weighted by Gasteiger charge is 2.09. The minimum atomic E-state index is -0.269. The Balaban J connectivity index is 2.91. The molecule has 0 saturated heterocycles. The normalized spacial score (nSPS) is 10.6. The summed E-state index contributed by atoms with van der Waals surface area (Å²) >= 11 is 1.36. The minimum Gasteiger partial charge on any atom is -0.298 e. The van der Waals surface area contributed by atoms with Crippen molar-refractivity contribution in [3.05, 3.63) is 34.5 Å². The molecular formula is C10H7FOS. The Morgan fingerprint density at radius 3 is 3.00 bits per heavy atom. The third-order valence-corrected chi connectivity index (χ3v) is 3.02. The molecule has 1 aromatic carbocycles. The van der Waals surface area contributed by atoms with Crippen LogP contribution in [0.15, 0.2) is 17.5 Å². The molecule has 0 spiro atoms. The summed E-state index contributed by atoms with van der Waals surface area (Å²) in [5.41, 5.74) is 0.869. The molecule has 1 heterocycles. The predicted molar refractivity (Wildman–Crippen MR) is 51.9 cm³/mol. The molecule has 1 aromatic heterocycles. The number of carbonyl (C=O) groups is 1. The first-order chi connectivity index (χ1) is 6.24. The number of aldehydes is 1. The molecule has 0 aliphatic heterocycles. The Morgan fingerprint density at radius 1 is 1.54 bits per heavy atom. The van der Waals surface area contributed by atoms with Crippen molar-refractivity contribution in [2.24, 2.45) is 0 Å². The van der Waals surface area contributed by atoms with E-state index in [9.17, 15) is 9.18 Å². The SMILES string of the molecule is Cc1c(C=O)cc2ccsc2c1F. The highest BCUT2D eigenvalue weighted by atomic mass is 32.1. The molecule has 66 valence electrons. The van der Waals surface area contributed by atoms with Crippen LogP contribution in [0.4, 0.5) is 4.39 Å². The zero-order valence-corrected chi connectivity index (χ0v) is 7.82. The number of rotatable bonds is 1. The standard InChI is InChI=1S/C10H7FOS/c1-6-8(5-12)4-7-2-3-13-10(7)9(6)11/h2-5H,1H3. The van der Waals surface area contributed by atoms with Gasteiger partial charge in [0, 0.05) is 5.56 Å². The number of halogens is 1. The molecule has 0 fully saturated rings. The van der Waals surface area contributed by atoms with Crippen LogP contribution in [0.3, 0.4) is 0 Å². The lowest BCUT2D eigenvalue weighted by Crippen LogP contribution is -1.90. The van der Waals surface area contributed by atoms with Crippen LogP contribution < -0.4 is 0 Å². The Hall–Kier alpha value is -1.22. The molecule has 1 nitrogen and oxygen atoms in total. The third-order valence-electron chi connectivity index (χ3n) is 2.10. The summed E-state index contributed by atoms with van der Waals surface area (Å²) in [6.45, 7) is 1.62. The van der Waals surface area contributed by atoms with Crippen molar-refractivity contribution in [1.29, 1.82) is 0 Å². The smallest absolute Gasteiger partial charge is 0.150 e. The van der Waals surface area contributed by atoms with Gasteiger partial charge in [0.05, 0.1) is 4.70 Å². The lowest BCUT2D eigenvalue weighted by atomic mass is 10.1. The Morgan fingerprint density at radius 2 is 2.31 bits per heavy atom. The number of carbonyl (C=O) groups excluding carboxylic acids is 1. The van der Waals surface area contributed by atoms with Crippen LogP contribution in [0.2, 0.25) is 0 Å². The number of benzene rings is 1. The third kappa shape index (κ3) is 1.16. The lowest BCUT2D eigenvalue weighted by molar-refractivity contribution is 0.112. The van der Waals surface area contributed by atoms with E-state index in [0.717, 1.165) is 5.39 Å². The van der Waals surface area contributed by atoms with Gasteiger partial charge in [0.2, 0.25) is 0 Å². The maximum atomic E-state index is 13.5. The fourth-order valence-electron chi connectivity index (χ4n) is 1.31.